The van der Waals surface area contributed by atoms with E-state index < -0.39 is 5.97 Å². The fourth-order valence-electron chi connectivity index (χ4n) is 2.71. The van der Waals surface area contributed by atoms with Gasteiger partial charge in [-0.3, -0.25) is 4.79 Å². The van der Waals surface area contributed by atoms with Crippen LogP contribution in [0.25, 0.3) is 0 Å². The number of nitrogens with one attached hydrogen (secondary N) is 1. The Hall–Kier alpha value is -1.98. The minimum Gasteiger partial charge on any atom is -0.451 e. The Morgan fingerprint density at radius 3 is 2.65 bits per heavy atom. The predicted octanol–water partition coefficient (Wildman–Crippen LogP) is 4.19. The molecule has 1 heterocycles. The number of hydrogen-bond acceptors (Lipinski definition) is 3. The van der Waals surface area contributed by atoms with Gasteiger partial charge in [-0.1, -0.05) is 42.6 Å². The van der Waals surface area contributed by atoms with Crippen molar-refractivity contribution >= 4 is 35.1 Å². The molecule has 0 bridgehead atoms. The maximum absolute atomic E-state index is 12.0. The monoisotopic (exact) mass is 396 g/mol. The highest BCUT2D eigenvalue weighted by Crippen LogP contribution is 2.30. The molecule has 0 aliphatic heterocycles. The molecule has 0 saturated carbocycles. The molecule has 1 atom stereocenters. The summed E-state index contributed by atoms with van der Waals surface area (Å²) in [4.78, 5) is 23.9. The number of rotatable bonds is 8. The first-order valence-corrected chi connectivity index (χ1v) is 9.18. The molecular weight excluding hydrogens is 375 g/mol. The second-order valence-electron chi connectivity index (χ2n) is 6.04. The normalized spacial score (nSPS) is 11.8. The molecule has 1 aromatic carbocycles. The van der Waals surface area contributed by atoms with Crippen LogP contribution in [0.2, 0.25) is 10.0 Å². The van der Waals surface area contributed by atoms with E-state index in [1.54, 1.807) is 42.1 Å². The van der Waals surface area contributed by atoms with Crippen molar-refractivity contribution in [1.82, 2.24) is 9.88 Å². The van der Waals surface area contributed by atoms with Crippen molar-refractivity contribution in [3.05, 3.63) is 57.8 Å². The van der Waals surface area contributed by atoms with Crippen LogP contribution in [0.3, 0.4) is 0 Å². The van der Waals surface area contributed by atoms with Crippen molar-refractivity contribution < 1.29 is 14.3 Å². The average Bonchev–Trinajstić information content (AvgIpc) is 3.03. The van der Waals surface area contributed by atoms with E-state index in [1.165, 1.54) is 0 Å². The number of halogens is 2. The van der Waals surface area contributed by atoms with Gasteiger partial charge in [0, 0.05) is 35.8 Å². The van der Waals surface area contributed by atoms with Gasteiger partial charge >= 0.3 is 5.97 Å². The number of aromatic nitrogens is 1. The summed E-state index contributed by atoms with van der Waals surface area (Å²) in [7, 11) is 1.74. The lowest BCUT2D eigenvalue weighted by Gasteiger charge is -2.19. The third-order valence-electron chi connectivity index (χ3n) is 4.07. The zero-order chi connectivity index (χ0) is 19.1. The summed E-state index contributed by atoms with van der Waals surface area (Å²) in [6.07, 6.45) is 3.55. The highest BCUT2D eigenvalue weighted by Gasteiger charge is 2.17. The fourth-order valence-corrected chi connectivity index (χ4v) is 3.28. The quantitative estimate of drug-likeness (QED) is 0.680. The third-order valence-corrected chi connectivity index (χ3v) is 4.63. The van der Waals surface area contributed by atoms with E-state index in [0.717, 1.165) is 18.4 Å². The first kappa shape index (κ1) is 20.3. The molecule has 5 nitrogen and oxygen atoms in total. The van der Waals surface area contributed by atoms with E-state index in [4.69, 9.17) is 27.9 Å². The van der Waals surface area contributed by atoms with Gasteiger partial charge in [-0.15, -0.1) is 0 Å². The Morgan fingerprint density at radius 2 is 2.04 bits per heavy atom. The molecular formula is C19H22Cl2N2O3. The average molecular weight is 397 g/mol. The number of ether oxygens (including phenoxy) is 1. The number of benzene rings is 1. The van der Waals surface area contributed by atoms with Crippen LogP contribution in [0.4, 0.5) is 0 Å². The van der Waals surface area contributed by atoms with Crippen molar-refractivity contribution in [3.8, 4) is 0 Å². The van der Waals surface area contributed by atoms with Gasteiger partial charge in [0.05, 0.1) is 0 Å². The Labute approximate surface area is 163 Å². The molecule has 7 heteroatoms. The van der Waals surface area contributed by atoms with E-state index in [1.807, 2.05) is 6.07 Å². The molecule has 1 N–H and O–H groups in total. The zero-order valence-electron chi connectivity index (χ0n) is 14.8. The summed E-state index contributed by atoms with van der Waals surface area (Å²) in [5, 5.41) is 3.97. The summed E-state index contributed by atoms with van der Waals surface area (Å²) < 4.78 is 6.69. The van der Waals surface area contributed by atoms with Gasteiger partial charge < -0.3 is 14.6 Å². The highest BCUT2D eigenvalue weighted by molar-refractivity contribution is 6.35. The SMILES string of the molecule is CCCC(CNC(=O)COC(=O)c1cccn1C)c1ccc(Cl)cc1Cl. The van der Waals surface area contributed by atoms with Gasteiger partial charge in [0.1, 0.15) is 5.69 Å². The lowest BCUT2D eigenvalue weighted by Crippen LogP contribution is -2.32. The summed E-state index contributed by atoms with van der Waals surface area (Å²) >= 11 is 12.2. The van der Waals surface area contributed by atoms with Crippen molar-refractivity contribution in [3.63, 3.8) is 0 Å². The largest absolute Gasteiger partial charge is 0.451 e. The number of esters is 1. The molecule has 2 aromatic rings. The maximum atomic E-state index is 12.0. The Balaban J connectivity index is 1.89. The molecule has 0 radical (unpaired) electrons. The smallest absolute Gasteiger partial charge is 0.355 e. The van der Waals surface area contributed by atoms with Crippen LogP contribution >= 0.6 is 23.2 Å². The first-order valence-electron chi connectivity index (χ1n) is 8.42. The van der Waals surface area contributed by atoms with Crippen LogP contribution in [0, 0.1) is 0 Å². The summed E-state index contributed by atoms with van der Waals surface area (Å²) in [5.41, 5.74) is 1.34. The molecule has 0 aliphatic rings. The number of amides is 1. The van der Waals surface area contributed by atoms with Gasteiger partial charge in [-0.2, -0.15) is 0 Å². The third kappa shape index (κ3) is 5.51. The van der Waals surface area contributed by atoms with Crippen molar-refractivity contribution in [2.45, 2.75) is 25.7 Å². The number of aryl methyl sites for hydroxylation is 1. The van der Waals surface area contributed by atoms with Gasteiger partial charge in [0.15, 0.2) is 6.61 Å². The van der Waals surface area contributed by atoms with Crippen molar-refractivity contribution in [2.75, 3.05) is 13.2 Å². The van der Waals surface area contributed by atoms with E-state index in [0.29, 0.717) is 22.3 Å². The van der Waals surface area contributed by atoms with Gasteiger partial charge in [0.2, 0.25) is 0 Å². The molecule has 2 rings (SSSR count). The van der Waals surface area contributed by atoms with E-state index in [9.17, 15) is 9.59 Å². The molecule has 26 heavy (non-hydrogen) atoms. The molecule has 1 amide bonds. The summed E-state index contributed by atoms with van der Waals surface area (Å²) in [5.74, 6) is -0.811. The molecule has 0 fully saturated rings. The van der Waals surface area contributed by atoms with Crippen LogP contribution in [-0.2, 0) is 16.6 Å². The van der Waals surface area contributed by atoms with Gasteiger partial charge in [0.25, 0.3) is 5.91 Å². The molecule has 1 aromatic heterocycles. The molecule has 140 valence electrons. The number of nitrogens with zero attached hydrogens (tertiary/aromatic N) is 1. The maximum Gasteiger partial charge on any atom is 0.355 e. The van der Waals surface area contributed by atoms with Crippen molar-refractivity contribution in [2.24, 2.45) is 7.05 Å². The van der Waals surface area contributed by atoms with E-state index >= 15 is 0 Å². The molecule has 0 aliphatic carbocycles. The second kappa shape index (κ2) is 9.64. The molecule has 0 saturated heterocycles. The first-order chi connectivity index (χ1) is 12.4. The van der Waals surface area contributed by atoms with Crippen LogP contribution in [0.15, 0.2) is 36.5 Å². The molecule has 0 spiro atoms. The topological polar surface area (TPSA) is 60.3 Å². The highest BCUT2D eigenvalue weighted by atomic mass is 35.5. The Morgan fingerprint density at radius 1 is 1.27 bits per heavy atom. The Bertz CT molecular complexity index is 774. The van der Waals surface area contributed by atoms with Crippen molar-refractivity contribution in [1.29, 1.82) is 0 Å². The van der Waals surface area contributed by atoms with E-state index in [2.05, 4.69) is 12.2 Å². The van der Waals surface area contributed by atoms with Crippen LogP contribution in [0.1, 0.15) is 41.7 Å². The van der Waals surface area contributed by atoms with Gasteiger partial charge in [-0.25, -0.2) is 4.79 Å². The second-order valence-corrected chi connectivity index (χ2v) is 6.88. The minimum absolute atomic E-state index is 0.0669. The predicted molar refractivity (Wildman–Crippen MR) is 103 cm³/mol. The van der Waals surface area contributed by atoms with Crippen LogP contribution < -0.4 is 5.32 Å². The fraction of sp³-hybridized carbons (Fsp3) is 0.368. The molecule has 1 unspecified atom stereocenters. The lowest BCUT2D eigenvalue weighted by atomic mass is 9.94. The zero-order valence-corrected chi connectivity index (χ0v) is 16.3. The van der Waals surface area contributed by atoms with E-state index in [-0.39, 0.29) is 18.4 Å². The standard InChI is InChI=1S/C19H22Cl2N2O3/c1-3-5-13(15-8-7-14(20)10-16(15)21)11-22-18(24)12-26-19(25)17-6-4-9-23(17)2/h4,6-10,13H,3,5,11-12H2,1-2H3,(H,22,24). The van der Waals surface area contributed by atoms with Crippen LogP contribution in [0.5, 0.6) is 0 Å². The van der Waals surface area contributed by atoms with Crippen LogP contribution in [-0.4, -0.2) is 29.6 Å². The summed E-state index contributed by atoms with van der Waals surface area (Å²) in [6, 6.07) is 8.74. The minimum atomic E-state index is -0.529. The Kier molecular flexibility index (Phi) is 7.54. The number of hydrogen-bond donors (Lipinski definition) is 1. The summed E-state index contributed by atoms with van der Waals surface area (Å²) in [6.45, 7) is 2.16. The number of carbonyl (C=O) groups excluding carboxylic acids is 2. The van der Waals surface area contributed by atoms with Gasteiger partial charge in [-0.05, 0) is 36.2 Å². The lowest BCUT2D eigenvalue weighted by molar-refractivity contribution is -0.124. The number of carbonyl (C=O) groups is 2.